The van der Waals surface area contributed by atoms with Crippen molar-refractivity contribution in [3.8, 4) is 5.75 Å². The summed E-state index contributed by atoms with van der Waals surface area (Å²) < 4.78 is 10.1. The topological polar surface area (TPSA) is 61.5 Å². The molecule has 2 rings (SSSR count). The third kappa shape index (κ3) is 3.92. The predicted octanol–water partition coefficient (Wildman–Crippen LogP) is 3.61. The van der Waals surface area contributed by atoms with Gasteiger partial charge in [0.2, 0.25) is 0 Å². The van der Waals surface area contributed by atoms with Crippen LogP contribution in [0.3, 0.4) is 0 Å². The molecule has 110 valence electrons. The molecule has 0 aromatic heterocycles. The van der Waals surface area contributed by atoms with Crippen LogP contribution in [0, 0.1) is 0 Å². The molecule has 4 nitrogen and oxygen atoms in total. The number of ether oxygens (including phenoxy) is 2. The maximum Gasteiger partial charge on any atom is 0.338 e. The van der Waals surface area contributed by atoms with Gasteiger partial charge in [-0.05, 0) is 49.4 Å². The Balaban J connectivity index is 2.21. The first-order chi connectivity index (χ1) is 10.1. The van der Waals surface area contributed by atoms with Crippen LogP contribution in [0.5, 0.6) is 5.75 Å². The minimum atomic E-state index is -0.339. The summed E-state index contributed by atoms with van der Waals surface area (Å²) in [7, 11) is 1.63. The highest BCUT2D eigenvalue weighted by Gasteiger charge is 2.10. The van der Waals surface area contributed by atoms with Gasteiger partial charge in [-0.15, -0.1) is 0 Å². The van der Waals surface area contributed by atoms with E-state index in [1.807, 2.05) is 24.3 Å². The summed E-state index contributed by atoms with van der Waals surface area (Å²) in [5.74, 6) is 0.460. The Labute approximate surface area is 128 Å². The van der Waals surface area contributed by atoms with Crippen molar-refractivity contribution in [1.82, 2.24) is 0 Å². The first-order valence-corrected chi connectivity index (χ1v) is 7.34. The van der Waals surface area contributed by atoms with Crippen LogP contribution in [0.15, 0.2) is 52.3 Å². The first-order valence-electron chi connectivity index (χ1n) is 6.52. The second-order valence-corrected chi connectivity index (χ2v) is 5.37. The number of hydrogen-bond donors (Lipinski definition) is 1. The summed E-state index contributed by atoms with van der Waals surface area (Å²) in [6, 6.07) is 12.8. The molecule has 0 aliphatic heterocycles. The highest BCUT2D eigenvalue weighted by atomic mass is 32.2. The van der Waals surface area contributed by atoms with Gasteiger partial charge in [0.05, 0.1) is 19.3 Å². The van der Waals surface area contributed by atoms with Crippen LogP contribution in [0.1, 0.15) is 17.3 Å². The highest BCUT2D eigenvalue weighted by Crippen LogP contribution is 2.33. The molecule has 0 spiro atoms. The fraction of sp³-hybridized carbons (Fsp3) is 0.188. The van der Waals surface area contributed by atoms with E-state index in [9.17, 15) is 4.79 Å². The molecule has 2 aromatic carbocycles. The monoisotopic (exact) mass is 303 g/mol. The zero-order chi connectivity index (χ0) is 15.2. The van der Waals surface area contributed by atoms with Gasteiger partial charge in [-0.3, -0.25) is 0 Å². The van der Waals surface area contributed by atoms with E-state index >= 15 is 0 Å². The number of rotatable bonds is 5. The fourth-order valence-electron chi connectivity index (χ4n) is 1.73. The molecular weight excluding hydrogens is 286 g/mol. The fourth-order valence-corrected chi connectivity index (χ4v) is 2.63. The molecule has 0 amide bonds. The van der Waals surface area contributed by atoms with E-state index in [2.05, 4.69) is 0 Å². The van der Waals surface area contributed by atoms with E-state index in [-0.39, 0.29) is 5.97 Å². The number of hydrogen-bond acceptors (Lipinski definition) is 5. The number of methoxy groups -OCH3 is 1. The van der Waals surface area contributed by atoms with Crippen molar-refractivity contribution in [3.63, 3.8) is 0 Å². The Bertz CT molecular complexity index is 626. The average molecular weight is 303 g/mol. The Hall–Kier alpha value is -2.14. The highest BCUT2D eigenvalue weighted by molar-refractivity contribution is 7.99. The van der Waals surface area contributed by atoms with Crippen molar-refractivity contribution >= 4 is 23.4 Å². The molecule has 0 bridgehead atoms. The molecule has 0 saturated carbocycles. The molecule has 0 saturated heterocycles. The van der Waals surface area contributed by atoms with E-state index in [0.29, 0.717) is 17.9 Å². The molecule has 2 N–H and O–H groups in total. The first kappa shape index (κ1) is 15.3. The smallest absolute Gasteiger partial charge is 0.338 e. The SMILES string of the molecule is CCOC(=O)c1ccc(N)c(Sc2ccc(OC)cc2)c1. The van der Waals surface area contributed by atoms with Crippen LogP contribution in [-0.2, 0) is 4.74 Å². The van der Waals surface area contributed by atoms with Gasteiger partial charge < -0.3 is 15.2 Å². The maximum absolute atomic E-state index is 11.8. The van der Waals surface area contributed by atoms with E-state index < -0.39 is 0 Å². The lowest BCUT2D eigenvalue weighted by Crippen LogP contribution is -2.05. The number of anilines is 1. The summed E-state index contributed by atoms with van der Waals surface area (Å²) >= 11 is 1.49. The van der Waals surface area contributed by atoms with E-state index in [0.717, 1.165) is 15.5 Å². The van der Waals surface area contributed by atoms with Crippen LogP contribution in [-0.4, -0.2) is 19.7 Å². The lowest BCUT2D eigenvalue weighted by atomic mass is 10.2. The molecule has 21 heavy (non-hydrogen) atoms. The van der Waals surface area contributed by atoms with Crippen molar-refractivity contribution in [1.29, 1.82) is 0 Å². The molecule has 0 aliphatic carbocycles. The minimum absolute atomic E-state index is 0.339. The van der Waals surface area contributed by atoms with Gasteiger partial charge in [0.1, 0.15) is 5.75 Å². The maximum atomic E-state index is 11.8. The molecule has 0 aliphatic rings. The van der Waals surface area contributed by atoms with Gasteiger partial charge in [-0.25, -0.2) is 4.79 Å². The van der Waals surface area contributed by atoms with Gasteiger partial charge >= 0.3 is 5.97 Å². The van der Waals surface area contributed by atoms with Gasteiger partial charge in [-0.1, -0.05) is 11.8 Å². The number of nitrogens with two attached hydrogens (primary N) is 1. The zero-order valence-electron chi connectivity index (χ0n) is 12.0. The average Bonchev–Trinajstić information content (AvgIpc) is 2.50. The van der Waals surface area contributed by atoms with Crippen LogP contribution in [0.25, 0.3) is 0 Å². The van der Waals surface area contributed by atoms with E-state index in [4.69, 9.17) is 15.2 Å². The summed E-state index contributed by atoms with van der Waals surface area (Å²) in [6.45, 7) is 2.13. The van der Waals surface area contributed by atoms with Crippen LogP contribution < -0.4 is 10.5 Å². The lowest BCUT2D eigenvalue weighted by Gasteiger charge is -2.08. The van der Waals surface area contributed by atoms with Crippen molar-refractivity contribution in [3.05, 3.63) is 48.0 Å². The minimum Gasteiger partial charge on any atom is -0.497 e. The Morgan fingerprint density at radius 3 is 2.52 bits per heavy atom. The van der Waals surface area contributed by atoms with Crippen molar-refractivity contribution < 1.29 is 14.3 Å². The van der Waals surface area contributed by atoms with Crippen molar-refractivity contribution in [2.24, 2.45) is 0 Å². The predicted molar refractivity (Wildman–Crippen MR) is 83.9 cm³/mol. The summed E-state index contributed by atoms with van der Waals surface area (Å²) in [6.07, 6.45) is 0. The Morgan fingerprint density at radius 1 is 1.19 bits per heavy atom. The van der Waals surface area contributed by atoms with E-state index in [1.165, 1.54) is 11.8 Å². The van der Waals surface area contributed by atoms with Crippen LogP contribution >= 0.6 is 11.8 Å². The van der Waals surface area contributed by atoms with Crippen molar-refractivity contribution in [2.45, 2.75) is 16.7 Å². The van der Waals surface area contributed by atoms with Gasteiger partial charge in [0.25, 0.3) is 0 Å². The van der Waals surface area contributed by atoms with Crippen LogP contribution in [0.2, 0.25) is 0 Å². The standard InChI is InChI=1S/C16H17NO3S/c1-3-20-16(18)11-4-9-14(17)15(10-11)21-13-7-5-12(19-2)6-8-13/h4-10H,3,17H2,1-2H3. The van der Waals surface area contributed by atoms with Crippen LogP contribution in [0.4, 0.5) is 5.69 Å². The normalized spacial score (nSPS) is 10.2. The Morgan fingerprint density at radius 2 is 1.90 bits per heavy atom. The Kier molecular flexibility index (Phi) is 5.11. The van der Waals surface area contributed by atoms with E-state index in [1.54, 1.807) is 32.2 Å². The number of carbonyl (C=O) groups excluding carboxylic acids is 1. The molecule has 0 unspecified atom stereocenters. The number of esters is 1. The molecule has 0 fully saturated rings. The quantitative estimate of drug-likeness (QED) is 0.675. The summed E-state index contributed by atoms with van der Waals surface area (Å²) in [5.41, 5.74) is 7.10. The third-order valence-corrected chi connectivity index (χ3v) is 3.89. The zero-order valence-corrected chi connectivity index (χ0v) is 12.8. The summed E-state index contributed by atoms with van der Waals surface area (Å²) in [4.78, 5) is 13.6. The largest absolute Gasteiger partial charge is 0.497 e. The second kappa shape index (κ2) is 7.04. The molecule has 2 aromatic rings. The molecule has 0 heterocycles. The molecule has 5 heteroatoms. The number of benzene rings is 2. The van der Waals surface area contributed by atoms with Gasteiger partial charge in [-0.2, -0.15) is 0 Å². The lowest BCUT2D eigenvalue weighted by molar-refractivity contribution is 0.0526. The number of nitrogen functional groups attached to an aromatic ring is 1. The molecule has 0 atom stereocenters. The number of carbonyl (C=O) groups is 1. The molecular formula is C16H17NO3S. The van der Waals surface area contributed by atoms with Gasteiger partial charge in [0, 0.05) is 15.5 Å². The third-order valence-electron chi connectivity index (χ3n) is 2.81. The van der Waals surface area contributed by atoms with Gasteiger partial charge in [0.15, 0.2) is 0 Å². The summed E-state index contributed by atoms with van der Waals surface area (Å²) in [5, 5.41) is 0. The van der Waals surface area contributed by atoms with Crippen molar-refractivity contribution in [2.75, 3.05) is 19.5 Å². The molecule has 0 radical (unpaired) electrons. The second-order valence-electron chi connectivity index (χ2n) is 4.25.